The van der Waals surface area contributed by atoms with Crippen molar-refractivity contribution in [2.75, 3.05) is 12.8 Å². The molecule has 1 saturated carbocycles. The molecule has 0 aliphatic heterocycles. The fraction of sp³-hybridized carbons (Fsp3) is 0.571. The van der Waals surface area contributed by atoms with E-state index in [2.05, 4.69) is 0 Å². The molecule has 0 unspecified atom stereocenters. The van der Waals surface area contributed by atoms with Crippen molar-refractivity contribution in [2.24, 2.45) is 0 Å². The van der Waals surface area contributed by atoms with Gasteiger partial charge in [0, 0.05) is 13.1 Å². The van der Waals surface area contributed by atoms with Crippen molar-refractivity contribution in [1.29, 1.82) is 0 Å². The zero-order valence-electron chi connectivity index (χ0n) is 11.9. The summed E-state index contributed by atoms with van der Waals surface area (Å²) in [7, 11) is -1.85. The Morgan fingerprint density at radius 2 is 1.85 bits per heavy atom. The Kier molecular flexibility index (Phi) is 4.62. The maximum atomic E-state index is 12.7. The number of halogens is 1. The summed E-state index contributed by atoms with van der Waals surface area (Å²) in [6.45, 7) is 1.74. The van der Waals surface area contributed by atoms with E-state index >= 15 is 0 Å². The molecule has 1 aliphatic rings. The van der Waals surface area contributed by atoms with Crippen molar-refractivity contribution in [1.82, 2.24) is 4.31 Å². The second-order valence-electron chi connectivity index (χ2n) is 5.45. The molecule has 0 radical (unpaired) electrons. The first-order valence-electron chi connectivity index (χ1n) is 6.87. The van der Waals surface area contributed by atoms with Crippen LogP contribution >= 0.6 is 11.6 Å². The second-order valence-corrected chi connectivity index (χ2v) is 7.83. The number of benzene rings is 1. The smallest absolute Gasteiger partial charge is 0.243 e. The van der Waals surface area contributed by atoms with Crippen LogP contribution in [-0.2, 0) is 10.0 Å². The summed E-state index contributed by atoms with van der Waals surface area (Å²) in [6.07, 6.45) is 5.23. The van der Waals surface area contributed by atoms with Crippen LogP contribution in [0.4, 0.5) is 5.69 Å². The van der Waals surface area contributed by atoms with Gasteiger partial charge < -0.3 is 5.73 Å². The third kappa shape index (κ3) is 2.95. The van der Waals surface area contributed by atoms with Crippen LogP contribution in [0.15, 0.2) is 17.0 Å². The summed E-state index contributed by atoms with van der Waals surface area (Å²) in [5, 5.41) is 0.391. The number of aryl methyl sites for hydroxylation is 1. The van der Waals surface area contributed by atoms with E-state index in [4.69, 9.17) is 17.3 Å². The number of nitrogens with zero attached hydrogens (tertiary/aromatic N) is 1. The summed E-state index contributed by atoms with van der Waals surface area (Å²) in [6, 6.07) is 3.16. The van der Waals surface area contributed by atoms with Crippen LogP contribution in [0.25, 0.3) is 0 Å². The Labute approximate surface area is 126 Å². The molecule has 0 amide bonds. The van der Waals surface area contributed by atoms with Crippen molar-refractivity contribution < 1.29 is 8.42 Å². The Morgan fingerprint density at radius 3 is 2.45 bits per heavy atom. The van der Waals surface area contributed by atoms with E-state index in [1.54, 1.807) is 20.0 Å². The van der Waals surface area contributed by atoms with Crippen LogP contribution in [0, 0.1) is 6.92 Å². The van der Waals surface area contributed by atoms with Gasteiger partial charge in [-0.25, -0.2) is 8.42 Å². The highest BCUT2D eigenvalue weighted by molar-refractivity contribution is 7.89. The van der Waals surface area contributed by atoms with E-state index in [9.17, 15) is 8.42 Å². The van der Waals surface area contributed by atoms with Crippen molar-refractivity contribution in [2.45, 2.75) is 50.0 Å². The number of nitrogen functional groups attached to an aromatic ring is 1. The summed E-state index contributed by atoms with van der Waals surface area (Å²) in [5.74, 6) is 0. The van der Waals surface area contributed by atoms with Gasteiger partial charge in [0.05, 0.1) is 15.6 Å². The van der Waals surface area contributed by atoms with E-state index in [-0.39, 0.29) is 10.9 Å². The first kappa shape index (κ1) is 15.6. The molecule has 4 nitrogen and oxygen atoms in total. The Bertz CT molecular complexity index is 595. The standard InChI is InChI=1S/C14H21ClN2O2S/c1-10-8-12(15)13(16)9-14(10)20(18,19)17(2)11-6-4-3-5-7-11/h8-9,11H,3-7,16H2,1-2H3. The van der Waals surface area contributed by atoms with Gasteiger partial charge in [-0.2, -0.15) is 4.31 Å². The van der Waals surface area contributed by atoms with Gasteiger partial charge in [-0.3, -0.25) is 0 Å². The first-order valence-corrected chi connectivity index (χ1v) is 8.69. The predicted octanol–water partition coefficient (Wildman–Crippen LogP) is 3.18. The van der Waals surface area contributed by atoms with Gasteiger partial charge in [-0.1, -0.05) is 30.9 Å². The normalized spacial score (nSPS) is 17.6. The lowest BCUT2D eigenvalue weighted by Crippen LogP contribution is -2.38. The Hall–Kier alpha value is -0.780. The van der Waals surface area contributed by atoms with Gasteiger partial charge in [0.2, 0.25) is 10.0 Å². The van der Waals surface area contributed by atoms with E-state index in [0.29, 0.717) is 16.3 Å². The molecule has 20 heavy (non-hydrogen) atoms. The molecule has 0 spiro atoms. The fourth-order valence-corrected chi connectivity index (χ4v) is 4.62. The van der Waals surface area contributed by atoms with E-state index in [1.165, 1.54) is 16.8 Å². The van der Waals surface area contributed by atoms with Gasteiger partial charge in [0.1, 0.15) is 0 Å². The largest absolute Gasteiger partial charge is 0.397 e. The Balaban J connectivity index is 2.36. The number of nitrogens with two attached hydrogens (primary N) is 1. The summed E-state index contributed by atoms with van der Waals surface area (Å²) < 4.78 is 27.0. The maximum Gasteiger partial charge on any atom is 0.243 e. The number of hydrogen-bond donors (Lipinski definition) is 1. The fourth-order valence-electron chi connectivity index (χ4n) is 2.74. The predicted molar refractivity (Wildman–Crippen MR) is 82.4 cm³/mol. The zero-order chi connectivity index (χ0) is 14.9. The van der Waals surface area contributed by atoms with Crippen molar-refractivity contribution in [3.63, 3.8) is 0 Å². The average molecular weight is 317 g/mol. The second kappa shape index (κ2) is 5.92. The molecule has 112 valence electrons. The van der Waals surface area contributed by atoms with Gasteiger partial charge in [0.15, 0.2) is 0 Å². The first-order chi connectivity index (χ1) is 9.34. The van der Waals surface area contributed by atoms with Crippen molar-refractivity contribution in [3.8, 4) is 0 Å². The van der Waals surface area contributed by atoms with Crippen LogP contribution in [0.5, 0.6) is 0 Å². The number of anilines is 1. The lowest BCUT2D eigenvalue weighted by Gasteiger charge is -2.30. The molecule has 1 fully saturated rings. The average Bonchev–Trinajstić information content (AvgIpc) is 2.42. The minimum atomic E-state index is -3.51. The topological polar surface area (TPSA) is 63.4 Å². The van der Waals surface area contributed by atoms with E-state index in [1.807, 2.05) is 0 Å². The molecule has 2 rings (SSSR count). The van der Waals surface area contributed by atoms with Crippen LogP contribution in [0.2, 0.25) is 5.02 Å². The molecule has 1 aliphatic carbocycles. The molecule has 0 aromatic heterocycles. The minimum Gasteiger partial charge on any atom is -0.397 e. The molecule has 0 saturated heterocycles. The molecule has 2 N–H and O–H groups in total. The molecule has 0 bridgehead atoms. The molecule has 6 heteroatoms. The molecule has 0 heterocycles. The van der Waals surface area contributed by atoms with Gasteiger partial charge in [0.25, 0.3) is 0 Å². The van der Waals surface area contributed by atoms with Crippen molar-refractivity contribution in [3.05, 3.63) is 22.7 Å². The summed E-state index contributed by atoms with van der Waals surface area (Å²) in [5.41, 5.74) is 6.68. The third-order valence-electron chi connectivity index (χ3n) is 4.04. The van der Waals surface area contributed by atoms with Gasteiger partial charge in [-0.05, 0) is 37.5 Å². The van der Waals surface area contributed by atoms with E-state index in [0.717, 1.165) is 25.7 Å². The lowest BCUT2D eigenvalue weighted by molar-refractivity contribution is 0.285. The summed E-state index contributed by atoms with van der Waals surface area (Å²) in [4.78, 5) is 0.257. The molecule has 0 atom stereocenters. The van der Waals surface area contributed by atoms with Crippen LogP contribution in [-0.4, -0.2) is 25.8 Å². The van der Waals surface area contributed by atoms with Crippen LogP contribution in [0.1, 0.15) is 37.7 Å². The minimum absolute atomic E-state index is 0.0880. The van der Waals surface area contributed by atoms with E-state index < -0.39 is 10.0 Å². The van der Waals surface area contributed by atoms with Crippen LogP contribution < -0.4 is 5.73 Å². The molecule has 1 aromatic rings. The zero-order valence-corrected chi connectivity index (χ0v) is 13.5. The number of sulfonamides is 1. The molecule has 1 aromatic carbocycles. The quantitative estimate of drug-likeness (QED) is 0.871. The number of rotatable bonds is 3. The maximum absolute atomic E-state index is 12.7. The molecular formula is C14H21ClN2O2S. The molecular weight excluding hydrogens is 296 g/mol. The monoisotopic (exact) mass is 316 g/mol. The van der Waals surface area contributed by atoms with Gasteiger partial charge >= 0.3 is 0 Å². The number of hydrogen-bond acceptors (Lipinski definition) is 3. The highest BCUT2D eigenvalue weighted by Crippen LogP contribution is 2.31. The summed E-state index contributed by atoms with van der Waals surface area (Å²) >= 11 is 5.93. The highest BCUT2D eigenvalue weighted by atomic mass is 35.5. The van der Waals surface area contributed by atoms with Crippen LogP contribution in [0.3, 0.4) is 0 Å². The van der Waals surface area contributed by atoms with Crippen molar-refractivity contribution >= 4 is 27.3 Å². The lowest BCUT2D eigenvalue weighted by atomic mass is 9.96. The van der Waals surface area contributed by atoms with Gasteiger partial charge in [-0.15, -0.1) is 0 Å². The third-order valence-corrected chi connectivity index (χ3v) is 6.42. The SMILES string of the molecule is Cc1cc(Cl)c(N)cc1S(=O)(=O)N(C)C1CCCCC1. The highest BCUT2D eigenvalue weighted by Gasteiger charge is 2.30. The Morgan fingerprint density at radius 1 is 1.25 bits per heavy atom.